The maximum Gasteiger partial charge on any atom is 0.255 e. The van der Waals surface area contributed by atoms with Crippen LogP contribution in [0.2, 0.25) is 5.02 Å². The van der Waals surface area contributed by atoms with Crippen molar-refractivity contribution in [2.45, 2.75) is 33.0 Å². The van der Waals surface area contributed by atoms with Crippen LogP contribution >= 0.6 is 11.6 Å². The van der Waals surface area contributed by atoms with E-state index in [-0.39, 0.29) is 18.1 Å². The summed E-state index contributed by atoms with van der Waals surface area (Å²) in [6, 6.07) is 5.53. The first-order chi connectivity index (χ1) is 8.47. The standard InChI is InChI=1S/C14H18ClNO2/c1-9-4-5-12(13(15)6-9)14(17)16-7-10(2)18-11(3)8-16/h4-6,10-11H,7-8H2,1-3H3/t10-,11-/m1/s1. The fourth-order valence-electron chi connectivity index (χ4n) is 2.31. The summed E-state index contributed by atoms with van der Waals surface area (Å²) in [5.41, 5.74) is 1.63. The minimum Gasteiger partial charge on any atom is -0.372 e. The molecule has 4 heteroatoms. The third-order valence-electron chi connectivity index (χ3n) is 3.06. The Bertz CT molecular complexity index is 451. The molecule has 1 amide bonds. The molecule has 0 bridgehead atoms. The Balaban J connectivity index is 2.20. The van der Waals surface area contributed by atoms with E-state index in [0.29, 0.717) is 23.7 Å². The van der Waals surface area contributed by atoms with Crippen LogP contribution in [0.3, 0.4) is 0 Å². The molecule has 2 atom stereocenters. The van der Waals surface area contributed by atoms with E-state index in [4.69, 9.17) is 16.3 Å². The highest BCUT2D eigenvalue weighted by Gasteiger charge is 2.27. The van der Waals surface area contributed by atoms with Crippen molar-refractivity contribution in [3.8, 4) is 0 Å². The number of nitrogens with zero attached hydrogens (tertiary/aromatic N) is 1. The number of hydrogen-bond acceptors (Lipinski definition) is 2. The van der Waals surface area contributed by atoms with E-state index in [1.54, 1.807) is 6.07 Å². The lowest BCUT2D eigenvalue weighted by Crippen LogP contribution is -2.48. The molecule has 1 heterocycles. The SMILES string of the molecule is Cc1ccc(C(=O)N2C[C@@H](C)O[C@H](C)C2)c(Cl)c1. The predicted molar refractivity (Wildman–Crippen MR) is 72.1 cm³/mol. The number of aryl methyl sites for hydroxylation is 1. The smallest absolute Gasteiger partial charge is 0.255 e. The largest absolute Gasteiger partial charge is 0.372 e. The van der Waals surface area contributed by atoms with Crippen molar-refractivity contribution in [3.63, 3.8) is 0 Å². The fraction of sp³-hybridized carbons (Fsp3) is 0.500. The van der Waals surface area contributed by atoms with Crippen molar-refractivity contribution >= 4 is 17.5 Å². The third-order valence-corrected chi connectivity index (χ3v) is 3.37. The average molecular weight is 268 g/mol. The second-order valence-electron chi connectivity index (χ2n) is 4.95. The molecule has 1 aliphatic heterocycles. The van der Waals surface area contributed by atoms with Gasteiger partial charge < -0.3 is 9.64 Å². The number of hydrogen-bond donors (Lipinski definition) is 0. The summed E-state index contributed by atoms with van der Waals surface area (Å²) in [5.74, 6) is -0.0120. The topological polar surface area (TPSA) is 29.5 Å². The van der Waals surface area contributed by atoms with Gasteiger partial charge in [-0.05, 0) is 38.5 Å². The van der Waals surface area contributed by atoms with Gasteiger partial charge in [0.15, 0.2) is 0 Å². The van der Waals surface area contributed by atoms with Gasteiger partial charge >= 0.3 is 0 Å². The summed E-state index contributed by atoms with van der Waals surface area (Å²) in [6.45, 7) is 7.15. The molecule has 0 N–H and O–H groups in total. The summed E-state index contributed by atoms with van der Waals surface area (Å²) in [4.78, 5) is 14.2. The zero-order valence-corrected chi connectivity index (χ0v) is 11.7. The number of carbonyl (C=O) groups is 1. The maximum absolute atomic E-state index is 12.4. The average Bonchev–Trinajstić information content (AvgIpc) is 2.26. The minimum atomic E-state index is -0.0120. The summed E-state index contributed by atoms with van der Waals surface area (Å²) in [5, 5.41) is 0.520. The lowest BCUT2D eigenvalue weighted by atomic mass is 10.1. The van der Waals surface area contributed by atoms with Crippen LogP contribution in [-0.2, 0) is 4.74 Å². The van der Waals surface area contributed by atoms with Crippen LogP contribution in [0.4, 0.5) is 0 Å². The zero-order valence-electron chi connectivity index (χ0n) is 10.9. The molecule has 1 aromatic carbocycles. The normalized spacial score (nSPS) is 24.1. The monoisotopic (exact) mass is 267 g/mol. The Labute approximate surface area is 113 Å². The number of rotatable bonds is 1. The Morgan fingerprint density at radius 3 is 2.50 bits per heavy atom. The van der Waals surface area contributed by atoms with Crippen molar-refractivity contribution in [2.24, 2.45) is 0 Å². The van der Waals surface area contributed by atoms with E-state index < -0.39 is 0 Å². The molecular formula is C14H18ClNO2. The molecule has 0 radical (unpaired) electrons. The van der Waals surface area contributed by atoms with Crippen LogP contribution in [0.25, 0.3) is 0 Å². The molecule has 1 aliphatic rings. The molecule has 0 unspecified atom stereocenters. The van der Waals surface area contributed by atoms with E-state index in [1.165, 1.54) is 0 Å². The summed E-state index contributed by atoms with van der Waals surface area (Å²) < 4.78 is 5.62. The predicted octanol–water partition coefficient (Wildman–Crippen LogP) is 2.90. The van der Waals surface area contributed by atoms with Gasteiger partial charge in [-0.2, -0.15) is 0 Å². The molecule has 98 valence electrons. The van der Waals surface area contributed by atoms with Crippen molar-refractivity contribution in [2.75, 3.05) is 13.1 Å². The summed E-state index contributed by atoms with van der Waals surface area (Å²) in [7, 11) is 0. The lowest BCUT2D eigenvalue weighted by molar-refractivity contribution is -0.0586. The number of ether oxygens (including phenoxy) is 1. The van der Waals surface area contributed by atoms with Crippen LogP contribution in [-0.4, -0.2) is 36.1 Å². The molecule has 0 spiro atoms. The van der Waals surface area contributed by atoms with Gasteiger partial charge in [-0.1, -0.05) is 17.7 Å². The first-order valence-electron chi connectivity index (χ1n) is 6.18. The van der Waals surface area contributed by atoms with Crippen LogP contribution in [0.15, 0.2) is 18.2 Å². The van der Waals surface area contributed by atoms with Crippen LogP contribution in [0, 0.1) is 6.92 Å². The molecule has 18 heavy (non-hydrogen) atoms. The summed E-state index contributed by atoms with van der Waals surface area (Å²) in [6.07, 6.45) is 0.142. The molecule has 1 saturated heterocycles. The minimum absolute atomic E-state index is 0.0120. The fourth-order valence-corrected chi connectivity index (χ4v) is 2.62. The zero-order chi connectivity index (χ0) is 13.3. The molecule has 1 fully saturated rings. The second kappa shape index (κ2) is 5.29. The van der Waals surface area contributed by atoms with Crippen LogP contribution < -0.4 is 0 Å². The number of benzene rings is 1. The Hall–Kier alpha value is -1.06. The van der Waals surface area contributed by atoms with Gasteiger partial charge in [0.1, 0.15) is 0 Å². The van der Waals surface area contributed by atoms with E-state index in [9.17, 15) is 4.79 Å². The lowest BCUT2D eigenvalue weighted by Gasteiger charge is -2.35. The van der Waals surface area contributed by atoms with E-state index in [0.717, 1.165) is 5.56 Å². The number of morpholine rings is 1. The molecule has 2 rings (SSSR count). The van der Waals surface area contributed by atoms with E-state index in [1.807, 2.05) is 37.8 Å². The molecule has 0 saturated carbocycles. The van der Waals surface area contributed by atoms with Gasteiger partial charge in [-0.25, -0.2) is 0 Å². The number of carbonyl (C=O) groups excluding carboxylic acids is 1. The van der Waals surface area contributed by atoms with Gasteiger partial charge in [-0.3, -0.25) is 4.79 Å². The van der Waals surface area contributed by atoms with Gasteiger partial charge in [-0.15, -0.1) is 0 Å². The highest BCUT2D eigenvalue weighted by Crippen LogP contribution is 2.21. The van der Waals surface area contributed by atoms with E-state index >= 15 is 0 Å². The molecule has 0 aliphatic carbocycles. The van der Waals surface area contributed by atoms with Crippen molar-refractivity contribution in [3.05, 3.63) is 34.3 Å². The van der Waals surface area contributed by atoms with Crippen molar-refractivity contribution in [1.29, 1.82) is 0 Å². The molecule has 1 aromatic rings. The van der Waals surface area contributed by atoms with Gasteiger partial charge in [0.25, 0.3) is 5.91 Å². The summed E-state index contributed by atoms with van der Waals surface area (Å²) >= 11 is 6.14. The highest BCUT2D eigenvalue weighted by atomic mass is 35.5. The first-order valence-corrected chi connectivity index (χ1v) is 6.56. The Kier molecular flexibility index (Phi) is 3.93. The van der Waals surface area contributed by atoms with Crippen molar-refractivity contribution < 1.29 is 9.53 Å². The van der Waals surface area contributed by atoms with Gasteiger partial charge in [0.2, 0.25) is 0 Å². The highest BCUT2D eigenvalue weighted by molar-refractivity contribution is 6.33. The number of amides is 1. The quantitative estimate of drug-likeness (QED) is 0.783. The Morgan fingerprint density at radius 2 is 1.94 bits per heavy atom. The molecular weight excluding hydrogens is 250 g/mol. The van der Waals surface area contributed by atoms with Crippen LogP contribution in [0.1, 0.15) is 29.8 Å². The Morgan fingerprint density at radius 1 is 1.33 bits per heavy atom. The first kappa shape index (κ1) is 13.4. The van der Waals surface area contributed by atoms with Crippen molar-refractivity contribution in [1.82, 2.24) is 4.90 Å². The second-order valence-corrected chi connectivity index (χ2v) is 5.36. The van der Waals surface area contributed by atoms with Crippen LogP contribution in [0.5, 0.6) is 0 Å². The maximum atomic E-state index is 12.4. The molecule has 0 aromatic heterocycles. The molecule has 3 nitrogen and oxygen atoms in total. The third kappa shape index (κ3) is 2.85. The van der Waals surface area contributed by atoms with Gasteiger partial charge in [0, 0.05) is 13.1 Å². The number of halogens is 1. The van der Waals surface area contributed by atoms with Gasteiger partial charge in [0.05, 0.1) is 22.8 Å². The van der Waals surface area contributed by atoms with E-state index in [2.05, 4.69) is 0 Å².